The van der Waals surface area contributed by atoms with E-state index >= 15 is 0 Å². The average molecular weight is 259 g/mol. The summed E-state index contributed by atoms with van der Waals surface area (Å²) in [4.78, 5) is 0. The van der Waals surface area contributed by atoms with Crippen LogP contribution in [0.1, 0.15) is 16.7 Å². The average Bonchev–Trinajstić information content (AvgIpc) is 2.49. The van der Waals surface area contributed by atoms with E-state index in [0.29, 0.717) is 0 Å². The molecule has 0 spiro atoms. The summed E-state index contributed by atoms with van der Waals surface area (Å²) in [5.74, 6) is 0. The van der Waals surface area contributed by atoms with Crippen molar-refractivity contribution in [2.75, 3.05) is 0 Å². The van der Waals surface area contributed by atoms with Crippen LogP contribution in [-0.2, 0) is 0 Å². The summed E-state index contributed by atoms with van der Waals surface area (Å²) < 4.78 is 1.93. The zero-order valence-electron chi connectivity index (χ0n) is 11.6. The minimum atomic E-state index is 1.13. The Labute approximate surface area is 120 Å². The largest absolute Gasteiger partial charge is 0.255 e. The van der Waals surface area contributed by atoms with Crippen LogP contribution in [0.4, 0.5) is 0 Å². The standard InChI is InChI=1S/C19H17N/c1-15-8-6-7-11-18(15)19-14-17(12-13-20(19)2)16-9-4-3-5-10-16/h3-14H,2H2,1H3. The van der Waals surface area contributed by atoms with Crippen LogP contribution in [0.15, 0.2) is 72.9 Å². The zero-order valence-corrected chi connectivity index (χ0v) is 11.6. The van der Waals surface area contributed by atoms with Crippen molar-refractivity contribution in [1.82, 2.24) is 0 Å². The minimum Gasteiger partial charge on any atom is -0.255 e. The zero-order chi connectivity index (χ0) is 13.9. The van der Waals surface area contributed by atoms with E-state index in [1.807, 2.05) is 16.8 Å². The molecule has 0 saturated carbocycles. The fourth-order valence-electron chi connectivity index (χ4n) is 2.43. The van der Waals surface area contributed by atoms with Crippen molar-refractivity contribution in [2.24, 2.45) is 0 Å². The molecule has 0 N–H and O–H groups in total. The molecule has 0 fully saturated rings. The van der Waals surface area contributed by atoms with Gasteiger partial charge in [0, 0.05) is 0 Å². The molecule has 0 unspecified atom stereocenters. The first-order valence-electron chi connectivity index (χ1n) is 6.74. The van der Waals surface area contributed by atoms with Crippen LogP contribution in [0, 0.1) is 13.0 Å². The fourth-order valence-corrected chi connectivity index (χ4v) is 2.43. The van der Waals surface area contributed by atoms with Crippen molar-refractivity contribution in [2.45, 2.75) is 6.92 Å². The van der Waals surface area contributed by atoms with E-state index in [2.05, 4.69) is 74.3 Å². The first-order chi connectivity index (χ1) is 9.75. The van der Waals surface area contributed by atoms with Crippen molar-refractivity contribution in [1.29, 1.82) is 0 Å². The topological polar surface area (TPSA) is 3.01 Å². The van der Waals surface area contributed by atoms with Crippen molar-refractivity contribution < 1.29 is 4.58 Å². The quantitative estimate of drug-likeness (QED) is 0.561. The number of allylic oxidation sites excluding steroid dienone is 2. The molecule has 0 bridgehead atoms. The third-order valence-corrected chi connectivity index (χ3v) is 3.56. The monoisotopic (exact) mass is 259 g/mol. The molecule has 20 heavy (non-hydrogen) atoms. The number of aryl methyl sites for hydroxylation is 1. The van der Waals surface area contributed by atoms with Gasteiger partial charge in [-0.1, -0.05) is 66.6 Å². The van der Waals surface area contributed by atoms with Crippen molar-refractivity contribution in [3.8, 4) is 0 Å². The van der Waals surface area contributed by atoms with Crippen LogP contribution >= 0.6 is 0 Å². The van der Waals surface area contributed by atoms with E-state index in [4.69, 9.17) is 0 Å². The number of hydrogen-bond acceptors (Lipinski definition) is 0. The fraction of sp³-hybridized carbons (Fsp3) is 0.0526. The summed E-state index contributed by atoms with van der Waals surface area (Å²) in [6, 6.07) is 20.0. The Morgan fingerprint density at radius 1 is 0.950 bits per heavy atom. The SMILES string of the molecule is C=[N+]1C=CC(c2ccccc2)=C[C-]1c1ccccc1C. The molecule has 1 aliphatic heterocycles. The van der Waals surface area contributed by atoms with Gasteiger partial charge >= 0.3 is 0 Å². The lowest BCUT2D eigenvalue weighted by molar-refractivity contribution is -0.417. The van der Waals surface area contributed by atoms with Crippen molar-refractivity contribution in [3.05, 3.63) is 95.7 Å². The number of rotatable bonds is 2. The second-order valence-corrected chi connectivity index (χ2v) is 4.95. The molecule has 0 amide bonds. The third-order valence-electron chi connectivity index (χ3n) is 3.56. The van der Waals surface area contributed by atoms with Crippen LogP contribution in [0.5, 0.6) is 0 Å². The van der Waals surface area contributed by atoms with Gasteiger partial charge in [0.2, 0.25) is 0 Å². The normalized spacial score (nSPS) is 14.3. The molecular weight excluding hydrogens is 242 g/mol. The first-order valence-corrected chi connectivity index (χ1v) is 6.74. The van der Waals surface area contributed by atoms with Crippen molar-refractivity contribution in [3.63, 3.8) is 0 Å². The predicted octanol–water partition coefficient (Wildman–Crippen LogP) is 4.20. The Kier molecular flexibility index (Phi) is 3.26. The van der Waals surface area contributed by atoms with Gasteiger partial charge in [-0.3, -0.25) is 4.58 Å². The summed E-state index contributed by atoms with van der Waals surface area (Å²) in [7, 11) is 0. The molecule has 0 aliphatic carbocycles. The number of benzene rings is 2. The second kappa shape index (κ2) is 5.22. The lowest BCUT2D eigenvalue weighted by Crippen LogP contribution is -2.15. The van der Waals surface area contributed by atoms with E-state index in [1.54, 1.807) is 0 Å². The molecule has 1 aliphatic rings. The summed E-state index contributed by atoms with van der Waals surface area (Å²) >= 11 is 0. The molecule has 2 aromatic rings. The Morgan fingerprint density at radius 2 is 1.65 bits per heavy atom. The third kappa shape index (κ3) is 2.30. The van der Waals surface area contributed by atoms with Crippen LogP contribution in [0.3, 0.4) is 0 Å². The lowest BCUT2D eigenvalue weighted by atomic mass is 9.94. The molecule has 1 nitrogen and oxygen atoms in total. The molecule has 0 radical (unpaired) electrons. The van der Waals surface area contributed by atoms with E-state index in [0.717, 1.165) is 6.04 Å². The molecule has 1 heterocycles. The Hall–Kier alpha value is -2.54. The van der Waals surface area contributed by atoms with E-state index in [9.17, 15) is 0 Å². The maximum absolute atomic E-state index is 4.09. The Bertz CT molecular complexity index is 693. The molecule has 2 aromatic carbocycles. The summed E-state index contributed by atoms with van der Waals surface area (Å²) in [5.41, 5.74) is 4.92. The van der Waals surface area contributed by atoms with Gasteiger partial charge in [-0.05, 0) is 23.3 Å². The maximum atomic E-state index is 4.09. The molecule has 98 valence electrons. The van der Waals surface area contributed by atoms with Gasteiger partial charge in [0.15, 0.2) is 0 Å². The smallest absolute Gasteiger partial charge is 0.147 e. The van der Waals surface area contributed by atoms with Gasteiger partial charge in [0.05, 0.1) is 6.72 Å². The molecule has 0 aromatic heterocycles. The molecule has 0 atom stereocenters. The highest BCUT2D eigenvalue weighted by molar-refractivity contribution is 5.76. The Morgan fingerprint density at radius 3 is 2.40 bits per heavy atom. The van der Waals surface area contributed by atoms with Gasteiger partial charge in [-0.2, -0.15) is 0 Å². The van der Waals surface area contributed by atoms with Gasteiger partial charge in [-0.25, -0.2) is 0 Å². The Balaban J connectivity index is 2.04. The second-order valence-electron chi connectivity index (χ2n) is 4.95. The van der Waals surface area contributed by atoms with E-state index in [-0.39, 0.29) is 0 Å². The highest BCUT2D eigenvalue weighted by Crippen LogP contribution is 2.29. The van der Waals surface area contributed by atoms with Crippen LogP contribution in [0.25, 0.3) is 5.57 Å². The molecule has 1 heteroatoms. The highest BCUT2D eigenvalue weighted by atomic mass is 15.0. The number of hydrogen-bond donors (Lipinski definition) is 0. The first kappa shape index (κ1) is 12.5. The molecule has 3 rings (SSSR count). The van der Waals surface area contributed by atoms with Crippen LogP contribution in [-0.4, -0.2) is 11.3 Å². The van der Waals surface area contributed by atoms with Gasteiger partial charge in [0.25, 0.3) is 0 Å². The van der Waals surface area contributed by atoms with Gasteiger partial charge < -0.3 is 0 Å². The van der Waals surface area contributed by atoms with Crippen LogP contribution < -0.4 is 0 Å². The van der Waals surface area contributed by atoms with E-state index in [1.165, 1.54) is 22.3 Å². The van der Waals surface area contributed by atoms with Gasteiger partial charge in [-0.15, -0.1) is 6.07 Å². The molecular formula is C19H17N. The van der Waals surface area contributed by atoms with Crippen molar-refractivity contribution >= 4 is 12.3 Å². The maximum Gasteiger partial charge on any atom is 0.147 e. The summed E-state index contributed by atoms with van der Waals surface area (Å²) in [6.07, 6.45) is 6.32. The summed E-state index contributed by atoms with van der Waals surface area (Å²) in [6.45, 7) is 6.22. The number of nitrogens with zero attached hydrogens (tertiary/aromatic N) is 1. The van der Waals surface area contributed by atoms with Crippen LogP contribution in [0.2, 0.25) is 0 Å². The lowest BCUT2D eigenvalue weighted by Gasteiger charge is -2.21. The summed E-state index contributed by atoms with van der Waals surface area (Å²) in [5, 5.41) is 0. The predicted molar refractivity (Wildman–Crippen MR) is 84.5 cm³/mol. The highest BCUT2D eigenvalue weighted by Gasteiger charge is 2.18. The molecule has 0 saturated heterocycles. The van der Waals surface area contributed by atoms with Gasteiger partial charge in [0.1, 0.15) is 12.2 Å². The minimum absolute atomic E-state index is 1.13. The van der Waals surface area contributed by atoms with E-state index < -0.39 is 0 Å².